The normalized spacial score (nSPS) is 9.27. The molecule has 1 aromatic rings. The van der Waals surface area contributed by atoms with Gasteiger partial charge in [0.2, 0.25) is 0 Å². The number of nitrogen functional groups attached to an aromatic ring is 1. The standard InChI is InChI=1S/C10H10N2O3/c1-2-3-4-15-10-6-8(11)5-9(7-10)12(13)14/h1,5-7H,3-4,11H2. The summed E-state index contributed by atoms with van der Waals surface area (Å²) in [6, 6.07) is 4.10. The molecular formula is C10H10N2O3. The van der Waals surface area contributed by atoms with Crippen LogP contribution < -0.4 is 10.5 Å². The van der Waals surface area contributed by atoms with Crippen LogP contribution >= 0.6 is 0 Å². The summed E-state index contributed by atoms with van der Waals surface area (Å²) in [7, 11) is 0. The first-order valence-corrected chi connectivity index (χ1v) is 4.24. The maximum atomic E-state index is 10.5. The quantitative estimate of drug-likeness (QED) is 0.267. The number of non-ortho nitro benzene ring substituents is 1. The van der Waals surface area contributed by atoms with Gasteiger partial charge in [-0.15, -0.1) is 12.3 Å². The average Bonchev–Trinajstić information content (AvgIpc) is 2.17. The summed E-state index contributed by atoms with van der Waals surface area (Å²) in [5.41, 5.74) is 5.68. The predicted octanol–water partition coefficient (Wildman–Crippen LogP) is 1.58. The van der Waals surface area contributed by atoms with Gasteiger partial charge in [-0.3, -0.25) is 10.1 Å². The first-order valence-electron chi connectivity index (χ1n) is 4.24. The lowest BCUT2D eigenvalue weighted by molar-refractivity contribution is -0.384. The summed E-state index contributed by atoms with van der Waals surface area (Å²) >= 11 is 0. The molecule has 5 nitrogen and oxygen atoms in total. The van der Waals surface area contributed by atoms with Crippen molar-refractivity contribution in [2.75, 3.05) is 12.3 Å². The molecule has 0 saturated heterocycles. The van der Waals surface area contributed by atoms with Crippen LogP contribution in [0.1, 0.15) is 6.42 Å². The molecule has 0 aliphatic rings. The molecule has 1 rings (SSSR count). The lowest BCUT2D eigenvalue weighted by Crippen LogP contribution is -1.98. The highest BCUT2D eigenvalue weighted by molar-refractivity contribution is 5.53. The van der Waals surface area contributed by atoms with E-state index in [0.29, 0.717) is 24.5 Å². The highest BCUT2D eigenvalue weighted by Gasteiger charge is 2.08. The van der Waals surface area contributed by atoms with Crippen molar-refractivity contribution in [3.05, 3.63) is 28.3 Å². The van der Waals surface area contributed by atoms with E-state index >= 15 is 0 Å². The lowest BCUT2D eigenvalue weighted by atomic mass is 10.2. The Bertz CT molecular complexity index is 410. The molecule has 0 saturated carbocycles. The number of benzene rings is 1. The number of hydrogen-bond acceptors (Lipinski definition) is 4. The van der Waals surface area contributed by atoms with Crippen LogP contribution in [0.25, 0.3) is 0 Å². The molecule has 15 heavy (non-hydrogen) atoms. The molecule has 78 valence electrons. The molecule has 0 bridgehead atoms. The van der Waals surface area contributed by atoms with Crippen LogP contribution in [-0.2, 0) is 0 Å². The molecule has 5 heteroatoms. The molecule has 1 aromatic carbocycles. The van der Waals surface area contributed by atoms with Crippen LogP contribution in [0.15, 0.2) is 18.2 Å². The van der Waals surface area contributed by atoms with Crippen molar-refractivity contribution < 1.29 is 9.66 Å². The van der Waals surface area contributed by atoms with Crippen LogP contribution in [0.3, 0.4) is 0 Å². The number of terminal acetylenes is 1. The van der Waals surface area contributed by atoms with E-state index < -0.39 is 4.92 Å². The van der Waals surface area contributed by atoms with Gasteiger partial charge in [0.25, 0.3) is 5.69 Å². The van der Waals surface area contributed by atoms with Crippen LogP contribution in [0, 0.1) is 22.5 Å². The highest BCUT2D eigenvalue weighted by Crippen LogP contribution is 2.24. The van der Waals surface area contributed by atoms with Crippen LogP contribution in [0.5, 0.6) is 5.75 Å². The second kappa shape index (κ2) is 4.86. The van der Waals surface area contributed by atoms with Gasteiger partial charge in [-0.1, -0.05) is 0 Å². The van der Waals surface area contributed by atoms with E-state index in [1.807, 2.05) is 0 Å². The number of nitrogens with two attached hydrogens (primary N) is 1. The smallest absolute Gasteiger partial charge is 0.275 e. The van der Waals surface area contributed by atoms with Crippen molar-refractivity contribution in [2.45, 2.75) is 6.42 Å². The number of hydrogen-bond donors (Lipinski definition) is 1. The third kappa shape index (κ3) is 3.19. The fraction of sp³-hybridized carbons (Fsp3) is 0.200. The Morgan fingerprint density at radius 1 is 1.53 bits per heavy atom. The predicted molar refractivity (Wildman–Crippen MR) is 56.5 cm³/mol. The van der Waals surface area contributed by atoms with Crippen LogP contribution in [-0.4, -0.2) is 11.5 Å². The maximum Gasteiger partial charge on any atom is 0.275 e. The van der Waals surface area contributed by atoms with Gasteiger partial charge in [0.05, 0.1) is 17.6 Å². The van der Waals surface area contributed by atoms with E-state index in [9.17, 15) is 10.1 Å². The van der Waals surface area contributed by atoms with E-state index in [1.165, 1.54) is 18.2 Å². The third-order valence-corrected chi connectivity index (χ3v) is 1.64. The molecule has 0 spiro atoms. The zero-order chi connectivity index (χ0) is 11.3. The summed E-state index contributed by atoms with van der Waals surface area (Å²) in [5, 5.41) is 10.5. The number of ether oxygens (including phenoxy) is 1. The van der Waals surface area contributed by atoms with Crippen molar-refractivity contribution in [3.8, 4) is 18.1 Å². The van der Waals surface area contributed by atoms with Crippen LogP contribution in [0.2, 0.25) is 0 Å². The summed E-state index contributed by atoms with van der Waals surface area (Å²) in [5.74, 6) is 2.76. The number of nitro groups is 1. The molecule has 0 aromatic heterocycles. The Morgan fingerprint density at radius 2 is 2.27 bits per heavy atom. The van der Waals surface area contributed by atoms with Gasteiger partial charge in [0, 0.05) is 24.2 Å². The maximum absolute atomic E-state index is 10.5. The number of anilines is 1. The van der Waals surface area contributed by atoms with E-state index in [2.05, 4.69) is 5.92 Å². The summed E-state index contributed by atoms with van der Waals surface area (Å²) in [6.07, 6.45) is 5.48. The van der Waals surface area contributed by atoms with E-state index in [1.54, 1.807) is 0 Å². The van der Waals surface area contributed by atoms with Crippen molar-refractivity contribution in [3.63, 3.8) is 0 Å². The average molecular weight is 206 g/mol. The Labute approximate surface area is 87.0 Å². The first kappa shape index (κ1) is 10.9. The number of nitrogens with zero attached hydrogens (tertiary/aromatic N) is 1. The van der Waals surface area contributed by atoms with Crippen molar-refractivity contribution in [2.24, 2.45) is 0 Å². The molecule has 0 heterocycles. The van der Waals surface area contributed by atoms with Gasteiger partial charge in [-0.05, 0) is 0 Å². The van der Waals surface area contributed by atoms with Crippen molar-refractivity contribution >= 4 is 11.4 Å². The monoisotopic (exact) mass is 206 g/mol. The SMILES string of the molecule is C#CCCOc1cc(N)cc([N+](=O)[O-])c1. The number of nitro benzene ring substituents is 1. The minimum Gasteiger partial charge on any atom is -0.492 e. The molecule has 0 aliphatic heterocycles. The first-order chi connectivity index (χ1) is 7.13. The van der Waals surface area contributed by atoms with Crippen molar-refractivity contribution in [1.29, 1.82) is 0 Å². The largest absolute Gasteiger partial charge is 0.492 e. The van der Waals surface area contributed by atoms with Gasteiger partial charge >= 0.3 is 0 Å². The van der Waals surface area contributed by atoms with Gasteiger partial charge < -0.3 is 10.5 Å². The lowest BCUT2D eigenvalue weighted by Gasteiger charge is -2.04. The van der Waals surface area contributed by atoms with Gasteiger partial charge in [0.1, 0.15) is 5.75 Å². The third-order valence-electron chi connectivity index (χ3n) is 1.64. The molecular weight excluding hydrogens is 196 g/mol. The van der Waals surface area contributed by atoms with Gasteiger partial charge in [-0.25, -0.2) is 0 Å². The Balaban J connectivity index is 2.80. The second-order valence-corrected chi connectivity index (χ2v) is 2.82. The fourth-order valence-electron chi connectivity index (χ4n) is 1.02. The Hall–Kier alpha value is -2.22. The van der Waals surface area contributed by atoms with E-state index in [-0.39, 0.29) is 5.69 Å². The summed E-state index contributed by atoms with van der Waals surface area (Å²) in [4.78, 5) is 9.97. The zero-order valence-corrected chi connectivity index (χ0v) is 7.97. The molecule has 0 unspecified atom stereocenters. The molecule has 0 amide bonds. The second-order valence-electron chi connectivity index (χ2n) is 2.82. The Kier molecular flexibility index (Phi) is 3.52. The van der Waals surface area contributed by atoms with Gasteiger partial charge in [0.15, 0.2) is 0 Å². The summed E-state index contributed by atoms with van der Waals surface area (Å²) < 4.78 is 5.19. The molecule has 0 radical (unpaired) electrons. The van der Waals surface area contributed by atoms with E-state index in [4.69, 9.17) is 16.9 Å². The van der Waals surface area contributed by atoms with Gasteiger partial charge in [-0.2, -0.15) is 0 Å². The van der Waals surface area contributed by atoms with Crippen LogP contribution in [0.4, 0.5) is 11.4 Å². The number of rotatable bonds is 4. The molecule has 0 aliphatic carbocycles. The van der Waals surface area contributed by atoms with E-state index in [0.717, 1.165) is 0 Å². The molecule has 0 atom stereocenters. The fourth-order valence-corrected chi connectivity index (χ4v) is 1.02. The minimum absolute atomic E-state index is 0.0919. The highest BCUT2D eigenvalue weighted by atomic mass is 16.6. The molecule has 2 N–H and O–H groups in total. The topological polar surface area (TPSA) is 78.4 Å². The van der Waals surface area contributed by atoms with Crippen molar-refractivity contribution in [1.82, 2.24) is 0 Å². The zero-order valence-electron chi connectivity index (χ0n) is 7.97. The minimum atomic E-state index is -0.523. The summed E-state index contributed by atoms with van der Waals surface area (Å²) in [6.45, 7) is 0.317. The molecule has 0 fully saturated rings. The Morgan fingerprint density at radius 3 is 2.87 bits per heavy atom.